The Morgan fingerprint density at radius 3 is 2.63 bits per heavy atom. The van der Waals surface area contributed by atoms with E-state index < -0.39 is 0 Å². The Morgan fingerprint density at radius 2 is 1.80 bits per heavy atom. The van der Waals surface area contributed by atoms with Gasteiger partial charge in [-0.15, -0.1) is 0 Å². The summed E-state index contributed by atoms with van der Waals surface area (Å²) in [5.74, 6) is 2.71. The number of ketones is 1. The Morgan fingerprint density at radius 1 is 0.933 bits per heavy atom. The highest BCUT2D eigenvalue weighted by atomic mass is 16.5. The van der Waals surface area contributed by atoms with Crippen LogP contribution in [0.1, 0.15) is 28.4 Å². The summed E-state index contributed by atoms with van der Waals surface area (Å²) in [7, 11) is 1.63. The molecule has 0 amide bonds. The van der Waals surface area contributed by atoms with Gasteiger partial charge >= 0.3 is 0 Å². The van der Waals surface area contributed by atoms with E-state index in [4.69, 9.17) is 18.9 Å². The Balaban J connectivity index is 1.51. The molecular weight excluding hydrogens is 380 g/mol. The predicted molar refractivity (Wildman–Crippen MR) is 114 cm³/mol. The highest BCUT2D eigenvalue weighted by Gasteiger charge is 2.28. The normalized spacial score (nSPS) is 13.7. The molecule has 0 bridgehead atoms. The number of carbonyl (C=O) groups excluding carboxylic acids is 1. The first-order valence-corrected chi connectivity index (χ1v) is 9.74. The summed E-state index contributed by atoms with van der Waals surface area (Å²) in [6, 6.07) is 20.5. The number of ether oxygens (including phenoxy) is 4. The number of rotatable bonds is 7. The van der Waals surface area contributed by atoms with E-state index >= 15 is 0 Å². The van der Waals surface area contributed by atoms with Crippen LogP contribution in [0.5, 0.6) is 23.0 Å². The Hall–Kier alpha value is -3.73. The van der Waals surface area contributed by atoms with Gasteiger partial charge in [0, 0.05) is 11.6 Å². The fourth-order valence-electron chi connectivity index (χ4n) is 3.21. The molecule has 0 atom stereocenters. The van der Waals surface area contributed by atoms with Crippen LogP contribution in [0.15, 0.2) is 72.5 Å². The van der Waals surface area contributed by atoms with Crippen LogP contribution in [-0.2, 0) is 6.61 Å². The number of benzene rings is 3. The molecule has 0 saturated carbocycles. The summed E-state index contributed by atoms with van der Waals surface area (Å²) >= 11 is 0. The van der Waals surface area contributed by atoms with Crippen molar-refractivity contribution in [1.29, 1.82) is 0 Å². The molecule has 152 valence electrons. The van der Waals surface area contributed by atoms with Gasteiger partial charge < -0.3 is 18.9 Å². The van der Waals surface area contributed by atoms with Gasteiger partial charge in [-0.2, -0.15) is 0 Å². The molecule has 5 heteroatoms. The second-order valence-corrected chi connectivity index (χ2v) is 6.71. The van der Waals surface area contributed by atoms with Crippen molar-refractivity contribution in [3.8, 4) is 23.0 Å². The highest BCUT2D eigenvalue weighted by molar-refractivity contribution is 6.14. The lowest BCUT2D eigenvalue weighted by molar-refractivity contribution is 0.101. The molecular formula is C25H22O5. The lowest BCUT2D eigenvalue weighted by atomic mass is 10.1. The number of fused-ring (bicyclic) bond motifs is 1. The first-order chi connectivity index (χ1) is 14.7. The number of Topliss-reactive ketones (excluding diaryl/α,β-unsaturated/α-hetero) is 1. The zero-order chi connectivity index (χ0) is 20.9. The van der Waals surface area contributed by atoms with E-state index in [1.165, 1.54) is 0 Å². The van der Waals surface area contributed by atoms with Crippen molar-refractivity contribution in [1.82, 2.24) is 0 Å². The van der Waals surface area contributed by atoms with E-state index in [0.717, 1.165) is 16.9 Å². The summed E-state index contributed by atoms with van der Waals surface area (Å²) < 4.78 is 22.6. The third kappa shape index (κ3) is 4.15. The molecule has 0 unspecified atom stereocenters. The van der Waals surface area contributed by atoms with Crippen molar-refractivity contribution in [2.45, 2.75) is 13.5 Å². The summed E-state index contributed by atoms with van der Waals surface area (Å²) in [6.07, 6.45) is 1.71. The molecule has 1 aliphatic heterocycles. The van der Waals surface area contributed by atoms with Crippen molar-refractivity contribution in [3.05, 3.63) is 89.2 Å². The molecule has 0 fully saturated rings. The average molecular weight is 402 g/mol. The molecule has 1 heterocycles. The van der Waals surface area contributed by atoms with Crippen molar-refractivity contribution in [2.24, 2.45) is 0 Å². The van der Waals surface area contributed by atoms with E-state index in [1.807, 2.05) is 55.5 Å². The average Bonchev–Trinajstić information content (AvgIpc) is 3.08. The summed E-state index contributed by atoms with van der Waals surface area (Å²) in [5.41, 5.74) is 2.30. The maximum Gasteiger partial charge on any atom is 0.231 e. The summed E-state index contributed by atoms with van der Waals surface area (Å²) in [4.78, 5) is 12.7. The first-order valence-electron chi connectivity index (χ1n) is 9.74. The van der Waals surface area contributed by atoms with Crippen LogP contribution in [0.3, 0.4) is 0 Å². The van der Waals surface area contributed by atoms with E-state index in [2.05, 4.69) is 0 Å². The fraction of sp³-hybridized carbons (Fsp3) is 0.160. The SMILES string of the molecule is CCOc1ccccc1C=C1Oc2cc(OCc3cccc(OC)c3)ccc2C1=O. The van der Waals surface area contributed by atoms with Gasteiger partial charge in [-0.25, -0.2) is 0 Å². The molecule has 0 N–H and O–H groups in total. The van der Waals surface area contributed by atoms with Gasteiger partial charge in [0.05, 0.1) is 19.3 Å². The molecule has 0 radical (unpaired) electrons. The van der Waals surface area contributed by atoms with Crippen LogP contribution in [0, 0.1) is 0 Å². The second-order valence-electron chi connectivity index (χ2n) is 6.71. The molecule has 1 aliphatic rings. The van der Waals surface area contributed by atoms with Crippen LogP contribution in [0.2, 0.25) is 0 Å². The quantitative estimate of drug-likeness (QED) is 0.503. The molecule has 0 saturated heterocycles. The second kappa shape index (κ2) is 8.74. The van der Waals surface area contributed by atoms with Crippen molar-refractivity contribution in [2.75, 3.05) is 13.7 Å². The molecule has 30 heavy (non-hydrogen) atoms. The number of allylic oxidation sites excluding steroid dienone is 1. The first kappa shape index (κ1) is 19.6. The lowest BCUT2D eigenvalue weighted by Gasteiger charge is -2.08. The molecule has 0 aromatic heterocycles. The van der Waals surface area contributed by atoms with Gasteiger partial charge in [-0.3, -0.25) is 4.79 Å². The third-order valence-corrected chi connectivity index (χ3v) is 4.69. The van der Waals surface area contributed by atoms with Crippen LogP contribution in [0.25, 0.3) is 6.08 Å². The third-order valence-electron chi connectivity index (χ3n) is 4.69. The van der Waals surface area contributed by atoms with Crippen molar-refractivity contribution in [3.63, 3.8) is 0 Å². The zero-order valence-electron chi connectivity index (χ0n) is 16.9. The number of hydrogen-bond donors (Lipinski definition) is 0. The number of carbonyl (C=O) groups is 1. The van der Waals surface area contributed by atoms with Gasteiger partial charge in [-0.1, -0.05) is 30.3 Å². The maximum absolute atomic E-state index is 12.7. The monoisotopic (exact) mass is 402 g/mol. The number of methoxy groups -OCH3 is 1. The van der Waals surface area contributed by atoms with Gasteiger partial charge in [-0.05, 0) is 48.9 Å². The lowest BCUT2D eigenvalue weighted by Crippen LogP contribution is -1.99. The number of para-hydroxylation sites is 1. The van der Waals surface area contributed by atoms with Gasteiger partial charge in [0.2, 0.25) is 5.78 Å². The highest BCUT2D eigenvalue weighted by Crippen LogP contribution is 2.36. The van der Waals surface area contributed by atoms with Crippen LogP contribution < -0.4 is 18.9 Å². The van der Waals surface area contributed by atoms with Crippen molar-refractivity contribution >= 4 is 11.9 Å². The Labute approximate surface area is 175 Å². The molecule has 5 nitrogen and oxygen atoms in total. The van der Waals surface area contributed by atoms with Gasteiger partial charge in [0.15, 0.2) is 5.76 Å². The zero-order valence-corrected chi connectivity index (χ0v) is 16.9. The summed E-state index contributed by atoms with van der Waals surface area (Å²) in [5, 5.41) is 0. The topological polar surface area (TPSA) is 54.0 Å². The molecule has 3 aromatic carbocycles. The number of hydrogen-bond acceptors (Lipinski definition) is 5. The molecule has 0 spiro atoms. The van der Waals surface area contributed by atoms with E-state index in [-0.39, 0.29) is 11.5 Å². The molecule has 0 aliphatic carbocycles. The molecule has 3 aromatic rings. The standard InChI is InChI=1S/C25H22O5/c1-3-28-22-10-5-4-8-18(22)14-24-25(26)21-12-11-20(15-23(21)30-24)29-16-17-7-6-9-19(13-17)27-2/h4-15H,3,16H2,1-2H3. The smallest absolute Gasteiger partial charge is 0.231 e. The fourth-order valence-corrected chi connectivity index (χ4v) is 3.21. The van der Waals surface area contributed by atoms with Crippen LogP contribution >= 0.6 is 0 Å². The predicted octanol–water partition coefficient (Wildman–Crippen LogP) is 5.29. The Bertz CT molecular complexity index is 1100. The minimum Gasteiger partial charge on any atom is -0.497 e. The van der Waals surface area contributed by atoms with Gasteiger partial charge in [0.25, 0.3) is 0 Å². The largest absolute Gasteiger partial charge is 0.497 e. The van der Waals surface area contributed by atoms with E-state index in [9.17, 15) is 4.79 Å². The minimum atomic E-state index is -0.157. The van der Waals surface area contributed by atoms with Crippen molar-refractivity contribution < 1.29 is 23.7 Å². The van der Waals surface area contributed by atoms with Crippen LogP contribution in [0.4, 0.5) is 0 Å². The van der Waals surface area contributed by atoms with Crippen LogP contribution in [-0.4, -0.2) is 19.5 Å². The molecule has 4 rings (SSSR count). The van der Waals surface area contributed by atoms with Gasteiger partial charge in [0.1, 0.15) is 29.6 Å². The minimum absolute atomic E-state index is 0.157. The maximum atomic E-state index is 12.7. The Kier molecular flexibility index (Phi) is 5.70. The van der Waals surface area contributed by atoms with E-state index in [1.54, 1.807) is 31.4 Å². The van der Waals surface area contributed by atoms with E-state index in [0.29, 0.717) is 36.0 Å². The summed E-state index contributed by atoms with van der Waals surface area (Å²) in [6.45, 7) is 2.85.